The van der Waals surface area contributed by atoms with Gasteiger partial charge in [0, 0.05) is 5.69 Å². The van der Waals surface area contributed by atoms with Gasteiger partial charge in [0.1, 0.15) is 0 Å². The standard InChI is InChI=1S/C26H24ClN3O5/c1-14-5-3-4-6-19(14)29-21(31)13-35-24-18(27)9-15(10-20(24)34-2)12-28-30-25(32)22-16-7-8-17(11-16)23(22)26(30)33/h3-10,12,16-17,22-23H,11,13H2,1-2H3,(H,29,31)/t16-,17-,22-,23+/m0/s1. The van der Waals surface area contributed by atoms with Crippen molar-refractivity contribution in [3.05, 3.63) is 64.7 Å². The molecule has 0 radical (unpaired) electrons. The fourth-order valence-electron chi connectivity index (χ4n) is 5.12. The van der Waals surface area contributed by atoms with Gasteiger partial charge in [-0.25, -0.2) is 0 Å². The summed E-state index contributed by atoms with van der Waals surface area (Å²) in [4.78, 5) is 38.0. The van der Waals surface area contributed by atoms with Crippen LogP contribution in [0.3, 0.4) is 0 Å². The number of nitrogens with zero attached hydrogens (tertiary/aromatic N) is 2. The Bertz CT molecular complexity index is 1240. The summed E-state index contributed by atoms with van der Waals surface area (Å²) in [5, 5.41) is 8.14. The smallest absolute Gasteiger partial charge is 0.262 e. The molecule has 9 heteroatoms. The molecule has 4 atom stereocenters. The highest BCUT2D eigenvalue weighted by Gasteiger charge is 2.59. The van der Waals surface area contributed by atoms with Crippen molar-refractivity contribution in [3.63, 3.8) is 0 Å². The first-order valence-electron chi connectivity index (χ1n) is 11.3. The first-order valence-corrected chi connectivity index (χ1v) is 11.7. The second kappa shape index (κ2) is 9.19. The Hall–Kier alpha value is -3.65. The minimum absolute atomic E-state index is 0.121. The fourth-order valence-corrected chi connectivity index (χ4v) is 5.39. The number of rotatable bonds is 7. The molecule has 2 aromatic carbocycles. The van der Waals surface area contributed by atoms with Gasteiger partial charge < -0.3 is 14.8 Å². The molecular formula is C26H24ClN3O5. The number of nitrogens with one attached hydrogen (secondary N) is 1. The second-order valence-corrected chi connectivity index (χ2v) is 9.33. The van der Waals surface area contributed by atoms with E-state index in [1.807, 2.05) is 37.3 Å². The number of anilines is 1. The highest BCUT2D eigenvalue weighted by Crippen LogP contribution is 2.52. The van der Waals surface area contributed by atoms with E-state index in [9.17, 15) is 14.4 Å². The molecule has 0 unspecified atom stereocenters. The number of hydrogen-bond donors (Lipinski definition) is 1. The zero-order valence-corrected chi connectivity index (χ0v) is 20.0. The molecular weight excluding hydrogens is 470 g/mol. The quantitative estimate of drug-likeness (QED) is 0.359. The summed E-state index contributed by atoms with van der Waals surface area (Å²) in [7, 11) is 1.45. The summed E-state index contributed by atoms with van der Waals surface area (Å²) in [5.74, 6) is -0.743. The van der Waals surface area contributed by atoms with Crippen LogP contribution in [0, 0.1) is 30.6 Å². The van der Waals surface area contributed by atoms with Crippen molar-refractivity contribution < 1.29 is 23.9 Å². The number of hydrogen-bond acceptors (Lipinski definition) is 6. The average molecular weight is 494 g/mol. The van der Waals surface area contributed by atoms with E-state index in [0.717, 1.165) is 17.0 Å². The number of imide groups is 1. The number of carbonyl (C=O) groups excluding carboxylic acids is 3. The Morgan fingerprint density at radius 2 is 1.86 bits per heavy atom. The minimum Gasteiger partial charge on any atom is -0.493 e. The van der Waals surface area contributed by atoms with E-state index in [0.29, 0.717) is 17.0 Å². The molecule has 1 N–H and O–H groups in total. The van der Waals surface area contributed by atoms with Crippen molar-refractivity contribution in [2.24, 2.45) is 28.8 Å². The lowest BCUT2D eigenvalue weighted by atomic mass is 9.85. The lowest BCUT2D eigenvalue weighted by molar-refractivity contribution is -0.140. The zero-order chi connectivity index (χ0) is 24.7. The molecule has 3 aliphatic rings. The number of allylic oxidation sites excluding steroid dienone is 2. The third kappa shape index (κ3) is 4.18. The maximum absolute atomic E-state index is 12.8. The van der Waals surface area contributed by atoms with Crippen LogP contribution in [0.1, 0.15) is 17.5 Å². The minimum atomic E-state index is -0.344. The van der Waals surface area contributed by atoms with Crippen LogP contribution >= 0.6 is 11.6 Å². The van der Waals surface area contributed by atoms with Crippen LogP contribution in [-0.2, 0) is 14.4 Å². The van der Waals surface area contributed by atoms with Crippen molar-refractivity contribution in [3.8, 4) is 11.5 Å². The molecule has 0 spiro atoms. The Morgan fingerprint density at radius 3 is 2.51 bits per heavy atom. The van der Waals surface area contributed by atoms with Gasteiger partial charge in [0.15, 0.2) is 18.1 Å². The number of hydrazone groups is 1. The van der Waals surface area contributed by atoms with Gasteiger partial charge in [0.05, 0.1) is 30.2 Å². The van der Waals surface area contributed by atoms with Crippen molar-refractivity contribution in [1.29, 1.82) is 0 Å². The Labute approximate surface area is 207 Å². The van der Waals surface area contributed by atoms with Gasteiger partial charge in [-0.1, -0.05) is 42.0 Å². The largest absolute Gasteiger partial charge is 0.493 e. The summed E-state index contributed by atoms with van der Waals surface area (Å²) in [6.45, 7) is 1.63. The Balaban J connectivity index is 1.27. The average Bonchev–Trinajstić information content (AvgIpc) is 3.52. The van der Waals surface area contributed by atoms with Crippen LogP contribution in [0.15, 0.2) is 53.7 Å². The number of amides is 3. The van der Waals surface area contributed by atoms with E-state index in [4.69, 9.17) is 21.1 Å². The molecule has 1 saturated carbocycles. The first-order chi connectivity index (χ1) is 16.9. The summed E-state index contributed by atoms with van der Waals surface area (Å²) in [6, 6.07) is 10.6. The number of methoxy groups -OCH3 is 1. The summed E-state index contributed by atoms with van der Waals surface area (Å²) < 4.78 is 11.0. The Kier molecular flexibility index (Phi) is 6.06. The van der Waals surface area contributed by atoms with Crippen molar-refractivity contribution in [2.45, 2.75) is 13.3 Å². The predicted octanol–water partition coefficient (Wildman–Crippen LogP) is 3.82. The first kappa shape index (κ1) is 23.1. The topological polar surface area (TPSA) is 97.3 Å². The molecule has 1 heterocycles. The maximum atomic E-state index is 12.8. The van der Waals surface area contributed by atoms with Gasteiger partial charge in [0.2, 0.25) is 0 Å². The number of carbonyl (C=O) groups is 3. The normalized spacial score (nSPS) is 24.4. The van der Waals surface area contributed by atoms with E-state index < -0.39 is 0 Å². The highest BCUT2D eigenvalue weighted by atomic mass is 35.5. The van der Waals surface area contributed by atoms with Crippen LogP contribution in [0.2, 0.25) is 5.02 Å². The Morgan fingerprint density at radius 1 is 1.17 bits per heavy atom. The van der Waals surface area contributed by atoms with Crippen molar-refractivity contribution >= 4 is 41.2 Å². The number of benzene rings is 2. The van der Waals surface area contributed by atoms with Gasteiger partial charge >= 0.3 is 0 Å². The van der Waals surface area contributed by atoms with Crippen LogP contribution in [0.4, 0.5) is 5.69 Å². The predicted molar refractivity (Wildman–Crippen MR) is 130 cm³/mol. The zero-order valence-electron chi connectivity index (χ0n) is 19.2. The molecule has 180 valence electrons. The molecule has 2 fully saturated rings. The molecule has 35 heavy (non-hydrogen) atoms. The number of fused-ring (bicyclic) bond motifs is 5. The summed E-state index contributed by atoms with van der Waals surface area (Å²) >= 11 is 6.41. The van der Waals surface area contributed by atoms with Crippen molar-refractivity contribution in [2.75, 3.05) is 19.0 Å². The molecule has 2 bridgehead atoms. The van der Waals surface area contributed by atoms with Crippen LogP contribution in [-0.4, -0.2) is 42.7 Å². The van der Waals surface area contributed by atoms with Gasteiger partial charge in [-0.05, 0) is 54.5 Å². The van der Waals surface area contributed by atoms with Gasteiger partial charge in [0.25, 0.3) is 17.7 Å². The van der Waals surface area contributed by atoms with Gasteiger partial charge in [-0.3, -0.25) is 14.4 Å². The number of halogens is 1. The van der Waals surface area contributed by atoms with Gasteiger partial charge in [-0.15, -0.1) is 0 Å². The molecule has 2 aliphatic carbocycles. The van der Waals surface area contributed by atoms with Crippen LogP contribution in [0.5, 0.6) is 11.5 Å². The SMILES string of the molecule is COc1cc(C=NN2C(=O)[C@@H]3[C@H](C2=O)[C@H]2C=C[C@H]3C2)cc(Cl)c1OCC(=O)Nc1ccccc1C. The number of ether oxygens (including phenoxy) is 2. The summed E-state index contributed by atoms with van der Waals surface area (Å²) in [5.41, 5.74) is 2.15. The lowest BCUT2D eigenvalue weighted by Gasteiger charge is -2.14. The molecule has 3 amide bonds. The second-order valence-electron chi connectivity index (χ2n) is 8.92. The van der Waals surface area contributed by atoms with E-state index in [1.165, 1.54) is 13.3 Å². The van der Waals surface area contributed by atoms with E-state index >= 15 is 0 Å². The third-order valence-electron chi connectivity index (χ3n) is 6.79. The molecule has 0 aromatic heterocycles. The lowest BCUT2D eigenvalue weighted by Crippen LogP contribution is -2.28. The molecule has 2 aromatic rings. The van der Waals surface area contributed by atoms with Crippen LogP contribution in [0.25, 0.3) is 0 Å². The van der Waals surface area contributed by atoms with E-state index in [-0.39, 0.29) is 58.8 Å². The number of aryl methyl sites for hydroxylation is 1. The molecule has 5 rings (SSSR count). The molecule has 8 nitrogen and oxygen atoms in total. The summed E-state index contributed by atoms with van der Waals surface area (Å²) in [6.07, 6.45) is 6.33. The number of para-hydroxylation sites is 1. The fraction of sp³-hybridized carbons (Fsp3) is 0.308. The monoisotopic (exact) mass is 493 g/mol. The molecule has 1 saturated heterocycles. The highest BCUT2D eigenvalue weighted by molar-refractivity contribution is 6.32. The molecule has 1 aliphatic heterocycles. The van der Waals surface area contributed by atoms with Gasteiger partial charge in [-0.2, -0.15) is 10.1 Å². The van der Waals surface area contributed by atoms with Crippen molar-refractivity contribution in [1.82, 2.24) is 5.01 Å². The van der Waals surface area contributed by atoms with E-state index in [1.54, 1.807) is 18.2 Å². The third-order valence-corrected chi connectivity index (χ3v) is 7.07. The van der Waals surface area contributed by atoms with E-state index in [2.05, 4.69) is 10.4 Å². The maximum Gasteiger partial charge on any atom is 0.262 e. The van der Waals surface area contributed by atoms with Crippen LogP contribution < -0.4 is 14.8 Å².